The first-order valence-corrected chi connectivity index (χ1v) is 6.89. The second-order valence-corrected chi connectivity index (χ2v) is 6.54. The monoisotopic (exact) mass is 269 g/mol. The summed E-state index contributed by atoms with van der Waals surface area (Å²) >= 11 is 0. The minimum absolute atomic E-state index is 0.0546. The molecule has 1 N–H and O–H groups in total. The molecule has 2 aliphatic carbocycles. The minimum atomic E-state index is -0.497. The van der Waals surface area contributed by atoms with Gasteiger partial charge >= 0.3 is 12.1 Å². The number of carbonyl (C=O) groups is 2. The van der Waals surface area contributed by atoms with Crippen LogP contribution in [0.2, 0.25) is 0 Å². The van der Waals surface area contributed by atoms with E-state index < -0.39 is 5.60 Å². The molecule has 2 rings (SSSR count). The lowest BCUT2D eigenvalue weighted by molar-refractivity contribution is -0.147. The average molecular weight is 269 g/mol. The number of fused-ring (bicyclic) bond motifs is 2. The smallest absolute Gasteiger partial charge is 0.407 e. The van der Waals surface area contributed by atoms with Gasteiger partial charge in [-0.2, -0.15) is 0 Å². The second kappa shape index (κ2) is 5.02. The van der Waals surface area contributed by atoms with Gasteiger partial charge in [0.1, 0.15) is 5.60 Å². The number of hydrogen-bond acceptors (Lipinski definition) is 4. The van der Waals surface area contributed by atoms with Crippen molar-refractivity contribution < 1.29 is 19.1 Å². The Morgan fingerprint density at radius 2 is 1.89 bits per heavy atom. The molecule has 0 spiro atoms. The van der Waals surface area contributed by atoms with Crippen LogP contribution in [0.15, 0.2) is 0 Å². The lowest BCUT2D eigenvalue weighted by Gasteiger charge is -2.24. The fourth-order valence-electron chi connectivity index (χ4n) is 3.42. The molecule has 19 heavy (non-hydrogen) atoms. The summed E-state index contributed by atoms with van der Waals surface area (Å²) in [6.45, 7) is 5.52. The third-order valence-electron chi connectivity index (χ3n) is 4.10. The van der Waals surface area contributed by atoms with E-state index in [1.165, 1.54) is 7.11 Å². The zero-order valence-electron chi connectivity index (χ0n) is 12.1. The maximum absolute atomic E-state index is 11.8. The fraction of sp³-hybridized carbons (Fsp3) is 0.857. The van der Waals surface area contributed by atoms with Crippen LogP contribution in [0.1, 0.15) is 40.0 Å². The molecule has 2 saturated carbocycles. The SMILES string of the molecule is COC(=O)[C@H]1C[C@H]2CC[C@H]1[C@H]2NC(=O)OC(C)(C)C. The third-order valence-corrected chi connectivity index (χ3v) is 4.10. The standard InChI is InChI=1S/C14H23NO4/c1-14(2,3)19-13(17)15-11-8-5-6-9(11)10(7-8)12(16)18-4/h8-11H,5-7H2,1-4H3,(H,15,17)/t8-,9-,10+,11+/m1/s1. The molecule has 0 radical (unpaired) electrons. The van der Waals surface area contributed by atoms with Gasteiger partial charge in [0.25, 0.3) is 0 Å². The van der Waals surface area contributed by atoms with Crippen molar-refractivity contribution in [3.05, 3.63) is 0 Å². The maximum atomic E-state index is 11.8. The van der Waals surface area contributed by atoms with Crippen LogP contribution in [0.5, 0.6) is 0 Å². The third kappa shape index (κ3) is 3.01. The van der Waals surface area contributed by atoms with E-state index >= 15 is 0 Å². The minimum Gasteiger partial charge on any atom is -0.469 e. The molecule has 0 saturated heterocycles. The molecule has 5 nitrogen and oxygen atoms in total. The molecular formula is C14H23NO4. The first-order chi connectivity index (χ1) is 8.81. The van der Waals surface area contributed by atoms with Gasteiger partial charge in [-0.05, 0) is 51.9 Å². The molecule has 2 fully saturated rings. The number of rotatable bonds is 2. The van der Waals surface area contributed by atoms with Gasteiger partial charge in [0, 0.05) is 6.04 Å². The summed E-state index contributed by atoms with van der Waals surface area (Å²) < 4.78 is 10.1. The van der Waals surface area contributed by atoms with Crippen LogP contribution in [-0.4, -0.2) is 30.8 Å². The Morgan fingerprint density at radius 3 is 2.47 bits per heavy atom. The summed E-state index contributed by atoms with van der Waals surface area (Å²) in [5.41, 5.74) is -0.497. The molecule has 0 aromatic carbocycles. The Balaban J connectivity index is 1.95. The van der Waals surface area contributed by atoms with E-state index in [0.717, 1.165) is 19.3 Å². The topological polar surface area (TPSA) is 64.6 Å². The molecule has 108 valence electrons. The normalized spacial score (nSPS) is 33.1. The highest BCUT2D eigenvalue weighted by Gasteiger charge is 2.52. The number of hydrogen-bond donors (Lipinski definition) is 1. The average Bonchev–Trinajstić information content (AvgIpc) is 2.82. The predicted octanol–water partition coefficient (Wildman–Crippen LogP) is 2.10. The van der Waals surface area contributed by atoms with Crippen molar-refractivity contribution in [3.8, 4) is 0 Å². The maximum Gasteiger partial charge on any atom is 0.407 e. The van der Waals surface area contributed by atoms with Crippen LogP contribution < -0.4 is 5.32 Å². The van der Waals surface area contributed by atoms with Gasteiger partial charge in [0.2, 0.25) is 0 Å². The molecule has 4 atom stereocenters. The molecule has 0 unspecified atom stereocenters. The first kappa shape index (κ1) is 14.2. The van der Waals surface area contributed by atoms with Crippen LogP contribution >= 0.6 is 0 Å². The number of carbonyl (C=O) groups excluding carboxylic acids is 2. The van der Waals surface area contributed by atoms with E-state index in [9.17, 15) is 9.59 Å². The van der Waals surface area contributed by atoms with Gasteiger partial charge in [0.15, 0.2) is 0 Å². The Kier molecular flexibility index (Phi) is 3.74. The van der Waals surface area contributed by atoms with Crippen molar-refractivity contribution in [2.75, 3.05) is 7.11 Å². The van der Waals surface area contributed by atoms with Crippen LogP contribution in [-0.2, 0) is 14.3 Å². The Labute approximate surface area is 114 Å². The zero-order chi connectivity index (χ0) is 14.2. The van der Waals surface area contributed by atoms with Crippen LogP contribution in [0, 0.1) is 17.8 Å². The van der Waals surface area contributed by atoms with Crippen molar-refractivity contribution in [1.82, 2.24) is 5.32 Å². The number of methoxy groups -OCH3 is 1. The fourth-order valence-corrected chi connectivity index (χ4v) is 3.42. The van der Waals surface area contributed by atoms with Crippen LogP contribution in [0.25, 0.3) is 0 Å². The van der Waals surface area contributed by atoms with Gasteiger partial charge < -0.3 is 14.8 Å². The molecule has 2 bridgehead atoms. The van der Waals surface area contributed by atoms with Crippen molar-refractivity contribution in [3.63, 3.8) is 0 Å². The summed E-state index contributed by atoms with van der Waals surface area (Å²) in [4.78, 5) is 23.5. The molecule has 0 aromatic heterocycles. The van der Waals surface area contributed by atoms with E-state index in [1.807, 2.05) is 20.8 Å². The number of esters is 1. The van der Waals surface area contributed by atoms with Crippen molar-refractivity contribution in [2.45, 2.75) is 51.7 Å². The van der Waals surface area contributed by atoms with Gasteiger partial charge in [-0.1, -0.05) is 0 Å². The van der Waals surface area contributed by atoms with Crippen LogP contribution in [0.4, 0.5) is 4.79 Å². The lowest BCUT2D eigenvalue weighted by atomic mass is 9.89. The summed E-state index contributed by atoms with van der Waals surface area (Å²) in [6.07, 6.45) is 2.47. The molecule has 1 amide bonds. The van der Waals surface area contributed by atoms with E-state index in [1.54, 1.807) is 0 Å². The highest BCUT2D eigenvalue weighted by Crippen LogP contribution is 2.49. The predicted molar refractivity (Wildman–Crippen MR) is 69.5 cm³/mol. The van der Waals surface area contributed by atoms with E-state index in [-0.39, 0.29) is 29.9 Å². The van der Waals surface area contributed by atoms with Gasteiger partial charge in [-0.3, -0.25) is 4.79 Å². The first-order valence-electron chi connectivity index (χ1n) is 6.89. The van der Waals surface area contributed by atoms with Gasteiger partial charge in [-0.25, -0.2) is 4.79 Å². The lowest BCUT2D eigenvalue weighted by Crippen LogP contribution is -2.42. The Hall–Kier alpha value is -1.26. The molecule has 0 heterocycles. The summed E-state index contributed by atoms with van der Waals surface area (Å²) in [5.74, 6) is 0.360. The van der Waals surface area contributed by atoms with Gasteiger partial charge in [-0.15, -0.1) is 0 Å². The largest absolute Gasteiger partial charge is 0.469 e. The summed E-state index contributed by atoms with van der Waals surface area (Å²) in [5, 5.41) is 2.94. The number of alkyl carbamates (subject to hydrolysis) is 1. The highest BCUT2D eigenvalue weighted by atomic mass is 16.6. The van der Waals surface area contributed by atoms with E-state index in [0.29, 0.717) is 5.92 Å². The second-order valence-electron chi connectivity index (χ2n) is 6.54. The van der Waals surface area contributed by atoms with E-state index in [4.69, 9.17) is 9.47 Å². The summed E-state index contributed by atoms with van der Waals surface area (Å²) in [7, 11) is 1.42. The zero-order valence-corrected chi connectivity index (χ0v) is 12.1. The number of nitrogens with one attached hydrogen (secondary N) is 1. The number of ether oxygens (including phenoxy) is 2. The van der Waals surface area contributed by atoms with Crippen molar-refractivity contribution >= 4 is 12.1 Å². The highest BCUT2D eigenvalue weighted by molar-refractivity contribution is 5.74. The van der Waals surface area contributed by atoms with Crippen LogP contribution in [0.3, 0.4) is 0 Å². The Morgan fingerprint density at radius 1 is 1.21 bits per heavy atom. The summed E-state index contributed by atoms with van der Waals surface area (Å²) in [6, 6.07) is 0.0546. The molecule has 0 aromatic rings. The Bertz CT molecular complexity index is 374. The quantitative estimate of drug-likeness (QED) is 0.780. The molecular weight excluding hydrogens is 246 g/mol. The van der Waals surface area contributed by atoms with Crippen molar-refractivity contribution in [2.24, 2.45) is 17.8 Å². The number of amides is 1. The molecule has 5 heteroatoms. The molecule has 2 aliphatic rings. The molecule has 0 aliphatic heterocycles. The van der Waals surface area contributed by atoms with Crippen molar-refractivity contribution in [1.29, 1.82) is 0 Å². The van der Waals surface area contributed by atoms with Gasteiger partial charge in [0.05, 0.1) is 13.0 Å². The van der Waals surface area contributed by atoms with E-state index in [2.05, 4.69) is 5.32 Å².